The van der Waals surface area contributed by atoms with Gasteiger partial charge in [0.2, 0.25) is 0 Å². The molecule has 22 heavy (non-hydrogen) atoms. The standard InChI is InChI=1S/C15H20ClNO4S/c16-13-7-5-6-12(10-13)11-15-20-17(21-22-15)9-4-2-1-3-8-14(18)19/h5-7,10,15H,1-4,8-9,11H2,(H,18,19). The summed E-state index contributed by atoms with van der Waals surface area (Å²) in [5.41, 5.74) is 1.05. The fourth-order valence-corrected chi connectivity index (χ4v) is 3.06. The molecule has 1 heterocycles. The molecule has 1 N–H and O–H groups in total. The highest BCUT2D eigenvalue weighted by Crippen LogP contribution is 2.29. The molecule has 1 unspecified atom stereocenters. The number of hydroxylamine groups is 2. The maximum atomic E-state index is 10.4. The molecular formula is C15H20ClNO4S. The Morgan fingerprint density at radius 1 is 1.32 bits per heavy atom. The molecule has 0 spiro atoms. The summed E-state index contributed by atoms with van der Waals surface area (Å²) in [5, 5.41) is 10.8. The topological polar surface area (TPSA) is 59.0 Å². The fraction of sp³-hybridized carbons (Fsp3) is 0.533. The number of hydrogen-bond donors (Lipinski definition) is 1. The quantitative estimate of drug-likeness (QED) is 0.537. The number of nitrogens with zero attached hydrogens (tertiary/aromatic N) is 1. The lowest BCUT2D eigenvalue weighted by atomic mass is 10.1. The average molecular weight is 346 g/mol. The van der Waals surface area contributed by atoms with Crippen LogP contribution in [0.5, 0.6) is 0 Å². The molecule has 122 valence electrons. The van der Waals surface area contributed by atoms with Crippen LogP contribution in [-0.2, 0) is 20.3 Å². The first kappa shape index (κ1) is 17.6. The highest BCUT2D eigenvalue weighted by atomic mass is 35.5. The molecule has 0 aliphatic carbocycles. The molecule has 2 rings (SSSR count). The van der Waals surface area contributed by atoms with Crippen molar-refractivity contribution in [1.29, 1.82) is 0 Å². The van der Waals surface area contributed by atoms with Gasteiger partial charge in [-0.05, 0) is 30.5 Å². The monoisotopic (exact) mass is 345 g/mol. The zero-order valence-corrected chi connectivity index (χ0v) is 13.8. The Labute approximate surface area is 139 Å². The first-order valence-electron chi connectivity index (χ1n) is 7.37. The zero-order chi connectivity index (χ0) is 15.8. The van der Waals surface area contributed by atoms with Crippen LogP contribution in [0.15, 0.2) is 24.3 Å². The van der Waals surface area contributed by atoms with Gasteiger partial charge in [0.25, 0.3) is 0 Å². The van der Waals surface area contributed by atoms with Crippen LogP contribution in [0, 0.1) is 0 Å². The third-order valence-electron chi connectivity index (χ3n) is 3.24. The first-order valence-corrected chi connectivity index (χ1v) is 8.56. The van der Waals surface area contributed by atoms with E-state index in [9.17, 15) is 4.79 Å². The van der Waals surface area contributed by atoms with Gasteiger partial charge < -0.3 is 5.11 Å². The fourth-order valence-electron chi connectivity index (χ4n) is 2.15. The Balaban J connectivity index is 1.58. The molecule has 7 heteroatoms. The lowest BCUT2D eigenvalue weighted by Gasteiger charge is -2.12. The summed E-state index contributed by atoms with van der Waals surface area (Å²) in [5.74, 6) is -0.730. The predicted octanol–water partition coefficient (Wildman–Crippen LogP) is 4.07. The Bertz CT molecular complexity index is 488. The number of carboxylic acids is 1. The minimum absolute atomic E-state index is 0.0644. The highest BCUT2D eigenvalue weighted by molar-refractivity contribution is 7.95. The Kier molecular flexibility index (Phi) is 7.48. The van der Waals surface area contributed by atoms with Gasteiger partial charge in [0.05, 0.1) is 18.6 Å². The van der Waals surface area contributed by atoms with Crippen molar-refractivity contribution in [3.05, 3.63) is 34.9 Å². The third kappa shape index (κ3) is 6.54. The van der Waals surface area contributed by atoms with E-state index in [-0.39, 0.29) is 11.9 Å². The van der Waals surface area contributed by atoms with Gasteiger partial charge in [0, 0.05) is 17.9 Å². The molecule has 1 aromatic carbocycles. The number of carboxylic acid groups (broad SMARTS) is 1. The molecule has 1 saturated heterocycles. The summed E-state index contributed by atoms with van der Waals surface area (Å²) in [6.45, 7) is 0.687. The van der Waals surface area contributed by atoms with Crippen molar-refractivity contribution in [3.8, 4) is 0 Å². The van der Waals surface area contributed by atoms with E-state index >= 15 is 0 Å². The van der Waals surface area contributed by atoms with Crippen LogP contribution < -0.4 is 0 Å². The third-order valence-corrected chi connectivity index (χ3v) is 4.20. The molecule has 1 fully saturated rings. The lowest BCUT2D eigenvalue weighted by molar-refractivity contribution is -0.291. The Morgan fingerprint density at radius 2 is 2.14 bits per heavy atom. The van der Waals surface area contributed by atoms with E-state index in [1.165, 1.54) is 17.3 Å². The van der Waals surface area contributed by atoms with Crippen molar-refractivity contribution in [1.82, 2.24) is 5.23 Å². The summed E-state index contributed by atoms with van der Waals surface area (Å²) < 4.78 is 5.41. The number of carbonyl (C=O) groups is 1. The molecule has 0 aromatic heterocycles. The summed E-state index contributed by atoms with van der Waals surface area (Å²) in [4.78, 5) is 16.1. The number of hydrogen-bond acceptors (Lipinski definition) is 5. The minimum atomic E-state index is -0.730. The van der Waals surface area contributed by atoms with Crippen LogP contribution in [0.1, 0.15) is 37.7 Å². The zero-order valence-electron chi connectivity index (χ0n) is 12.2. The minimum Gasteiger partial charge on any atom is -0.481 e. The highest BCUT2D eigenvalue weighted by Gasteiger charge is 2.26. The number of benzene rings is 1. The molecule has 0 amide bonds. The van der Waals surface area contributed by atoms with Crippen LogP contribution in [0.25, 0.3) is 0 Å². The van der Waals surface area contributed by atoms with E-state index in [0.717, 1.165) is 42.7 Å². The average Bonchev–Trinajstić information content (AvgIpc) is 2.90. The van der Waals surface area contributed by atoms with Crippen molar-refractivity contribution in [2.75, 3.05) is 6.54 Å². The van der Waals surface area contributed by atoms with Crippen molar-refractivity contribution in [2.45, 2.75) is 44.0 Å². The van der Waals surface area contributed by atoms with E-state index < -0.39 is 5.97 Å². The van der Waals surface area contributed by atoms with E-state index in [4.69, 9.17) is 25.8 Å². The smallest absolute Gasteiger partial charge is 0.303 e. The molecule has 0 bridgehead atoms. The molecule has 5 nitrogen and oxygen atoms in total. The van der Waals surface area contributed by atoms with Gasteiger partial charge in [0.1, 0.15) is 0 Å². The normalized spacial score (nSPS) is 18.7. The predicted molar refractivity (Wildman–Crippen MR) is 86.1 cm³/mol. The van der Waals surface area contributed by atoms with Gasteiger partial charge in [-0.1, -0.05) is 41.8 Å². The number of rotatable bonds is 9. The van der Waals surface area contributed by atoms with Crippen LogP contribution in [0.2, 0.25) is 5.02 Å². The summed E-state index contributed by atoms with van der Waals surface area (Å²) in [6.07, 6.45) is 4.52. The number of aliphatic carboxylic acids is 1. The van der Waals surface area contributed by atoms with Gasteiger partial charge in [-0.15, -0.1) is 0 Å². The van der Waals surface area contributed by atoms with Crippen molar-refractivity contribution in [2.24, 2.45) is 0 Å². The van der Waals surface area contributed by atoms with Gasteiger partial charge in [-0.2, -0.15) is 0 Å². The molecule has 1 aromatic rings. The summed E-state index contributed by atoms with van der Waals surface area (Å²) in [6, 6.07) is 7.71. The van der Waals surface area contributed by atoms with Crippen LogP contribution in [0.3, 0.4) is 0 Å². The summed E-state index contributed by atoms with van der Waals surface area (Å²) in [7, 11) is 0. The van der Waals surface area contributed by atoms with E-state index in [1.807, 2.05) is 24.3 Å². The van der Waals surface area contributed by atoms with Crippen molar-refractivity contribution in [3.63, 3.8) is 0 Å². The van der Waals surface area contributed by atoms with E-state index in [0.29, 0.717) is 6.54 Å². The molecule has 0 radical (unpaired) electrons. The van der Waals surface area contributed by atoms with Gasteiger partial charge in [-0.3, -0.25) is 9.63 Å². The van der Waals surface area contributed by atoms with Gasteiger partial charge in [-0.25, -0.2) is 4.28 Å². The maximum absolute atomic E-state index is 10.4. The maximum Gasteiger partial charge on any atom is 0.303 e. The molecule has 0 saturated carbocycles. The molecule has 1 aliphatic heterocycles. The lowest BCUT2D eigenvalue weighted by Crippen LogP contribution is -2.20. The van der Waals surface area contributed by atoms with Crippen molar-refractivity contribution >= 4 is 29.6 Å². The first-order chi connectivity index (χ1) is 10.6. The number of unbranched alkanes of at least 4 members (excludes halogenated alkanes) is 3. The van der Waals surface area contributed by atoms with Gasteiger partial charge >= 0.3 is 5.97 Å². The van der Waals surface area contributed by atoms with Crippen LogP contribution >= 0.6 is 23.6 Å². The van der Waals surface area contributed by atoms with Gasteiger partial charge in [0.15, 0.2) is 5.44 Å². The van der Waals surface area contributed by atoms with E-state index in [2.05, 4.69) is 0 Å². The second-order valence-electron chi connectivity index (χ2n) is 5.15. The largest absolute Gasteiger partial charge is 0.481 e. The molecule has 1 atom stereocenters. The molecule has 1 aliphatic rings. The second-order valence-corrected chi connectivity index (χ2v) is 6.46. The van der Waals surface area contributed by atoms with Crippen LogP contribution in [0.4, 0.5) is 0 Å². The SMILES string of the molecule is O=C(O)CCCCCCN1OSC(Cc2cccc(Cl)c2)O1. The molecular weight excluding hydrogens is 326 g/mol. The second kappa shape index (κ2) is 9.37. The van der Waals surface area contributed by atoms with Crippen molar-refractivity contribution < 1.29 is 19.0 Å². The summed E-state index contributed by atoms with van der Waals surface area (Å²) >= 11 is 7.27. The Morgan fingerprint density at radius 3 is 2.91 bits per heavy atom. The number of halogens is 1. The van der Waals surface area contributed by atoms with E-state index in [1.54, 1.807) is 0 Å². The Hall–Kier alpha value is -0.790. The van der Waals surface area contributed by atoms with Crippen LogP contribution in [-0.4, -0.2) is 28.3 Å².